The molecule has 0 aliphatic rings. The number of benzene rings is 2. The van der Waals surface area contributed by atoms with Crippen molar-refractivity contribution in [2.45, 2.75) is 24.9 Å². The number of hydrogen-bond acceptors (Lipinski definition) is 7. The number of rotatable bonds is 6. The van der Waals surface area contributed by atoms with Gasteiger partial charge >= 0.3 is 4.87 Å². The zero-order valence-electron chi connectivity index (χ0n) is 15.1. The maximum absolute atomic E-state index is 12.6. The minimum atomic E-state index is -3.81. The number of thiazole rings is 1. The molecule has 4 rings (SSSR count). The van der Waals surface area contributed by atoms with Gasteiger partial charge in [0.1, 0.15) is 0 Å². The van der Waals surface area contributed by atoms with Gasteiger partial charge in [-0.15, -0.1) is 0 Å². The molecule has 150 valence electrons. The monoisotopic (exact) mass is 494 g/mol. The van der Waals surface area contributed by atoms with Gasteiger partial charge in [-0.05, 0) is 37.3 Å². The van der Waals surface area contributed by atoms with Gasteiger partial charge in [-0.3, -0.25) is 9.36 Å². The summed E-state index contributed by atoms with van der Waals surface area (Å²) in [5.74, 6) is 0.513. The Morgan fingerprint density at radius 3 is 2.83 bits per heavy atom. The second-order valence-electron chi connectivity index (χ2n) is 6.09. The second kappa shape index (κ2) is 7.82. The summed E-state index contributed by atoms with van der Waals surface area (Å²) in [5, 5.41) is 3.89. The van der Waals surface area contributed by atoms with Crippen LogP contribution in [0.2, 0.25) is 0 Å². The molecule has 11 heteroatoms. The lowest BCUT2D eigenvalue weighted by molar-refractivity contribution is 0.376. The SMILES string of the molecule is CCn1c(=O)sc2cc(S(=O)(=O)NCc3nc(-c4cccc(Br)c4)no3)ccc21. The molecule has 8 nitrogen and oxygen atoms in total. The fourth-order valence-electron chi connectivity index (χ4n) is 2.82. The third-order valence-electron chi connectivity index (χ3n) is 4.23. The second-order valence-corrected chi connectivity index (χ2v) is 9.76. The summed E-state index contributed by atoms with van der Waals surface area (Å²) in [4.78, 5) is 16.1. The predicted octanol–water partition coefficient (Wildman–Crippen LogP) is 3.37. The summed E-state index contributed by atoms with van der Waals surface area (Å²) < 4.78 is 36.0. The van der Waals surface area contributed by atoms with Crippen molar-refractivity contribution in [3.8, 4) is 11.4 Å². The molecule has 0 unspecified atom stereocenters. The first-order valence-corrected chi connectivity index (χ1v) is 11.7. The van der Waals surface area contributed by atoms with E-state index in [1.165, 1.54) is 12.1 Å². The zero-order valence-corrected chi connectivity index (χ0v) is 18.3. The first-order valence-electron chi connectivity index (χ1n) is 8.59. The minimum Gasteiger partial charge on any atom is -0.338 e. The molecule has 0 radical (unpaired) electrons. The molecule has 2 aromatic heterocycles. The van der Waals surface area contributed by atoms with E-state index < -0.39 is 10.0 Å². The van der Waals surface area contributed by atoms with Crippen molar-refractivity contribution in [3.05, 3.63) is 62.5 Å². The van der Waals surface area contributed by atoms with Gasteiger partial charge in [-0.25, -0.2) is 13.1 Å². The van der Waals surface area contributed by atoms with Crippen LogP contribution in [0.5, 0.6) is 0 Å². The first kappa shape index (κ1) is 20.0. The highest BCUT2D eigenvalue weighted by Crippen LogP contribution is 2.23. The average Bonchev–Trinajstić information content (AvgIpc) is 3.29. The van der Waals surface area contributed by atoms with Gasteiger partial charge in [-0.1, -0.05) is 44.6 Å². The van der Waals surface area contributed by atoms with Gasteiger partial charge in [0.25, 0.3) is 0 Å². The Morgan fingerprint density at radius 2 is 2.07 bits per heavy atom. The summed E-state index contributed by atoms with van der Waals surface area (Å²) >= 11 is 4.40. The Balaban J connectivity index is 1.54. The van der Waals surface area contributed by atoms with E-state index in [-0.39, 0.29) is 22.2 Å². The molecular weight excluding hydrogens is 480 g/mol. The van der Waals surface area contributed by atoms with Crippen LogP contribution in [0, 0.1) is 0 Å². The zero-order chi connectivity index (χ0) is 20.6. The topological polar surface area (TPSA) is 107 Å². The molecule has 0 bridgehead atoms. The van der Waals surface area contributed by atoms with E-state index in [0.29, 0.717) is 17.1 Å². The molecule has 0 saturated heterocycles. The molecule has 0 amide bonds. The Kier molecular flexibility index (Phi) is 5.38. The molecule has 0 aliphatic heterocycles. The highest BCUT2D eigenvalue weighted by Gasteiger charge is 2.18. The van der Waals surface area contributed by atoms with Gasteiger partial charge < -0.3 is 4.52 Å². The molecule has 1 N–H and O–H groups in total. The van der Waals surface area contributed by atoms with Crippen molar-refractivity contribution in [1.82, 2.24) is 19.4 Å². The lowest BCUT2D eigenvalue weighted by Crippen LogP contribution is -2.23. The van der Waals surface area contributed by atoms with E-state index >= 15 is 0 Å². The molecule has 0 saturated carbocycles. The van der Waals surface area contributed by atoms with Crippen molar-refractivity contribution >= 4 is 47.5 Å². The Hall–Kier alpha value is -2.34. The van der Waals surface area contributed by atoms with Crippen LogP contribution in [0.1, 0.15) is 12.8 Å². The van der Waals surface area contributed by atoms with E-state index in [9.17, 15) is 13.2 Å². The van der Waals surface area contributed by atoms with Crippen molar-refractivity contribution in [2.75, 3.05) is 0 Å². The largest absolute Gasteiger partial charge is 0.338 e. The van der Waals surface area contributed by atoms with Crippen LogP contribution in [-0.2, 0) is 23.1 Å². The maximum atomic E-state index is 12.6. The van der Waals surface area contributed by atoms with Crippen LogP contribution >= 0.6 is 27.3 Å². The van der Waals surface area contributed by atoms with Gasteiger partial charge in [-0.2, -0.15) is 4.98 Å². The van der Waals surface area contributed by atoms with E-state index in [1.54, 1.807) is 10.6 Å². The lowest BCUT2D eigenvalue weighted by atomic mass is 10.2. The van der Waals surface area contributed by atoms with E-state index in [4.69, 9.17) is 4.52 Å². The highest BCUT2D eigenvalue weighted by molar-refractivity contribution is 9.10. The van der Waals surface area contributed by atoms with Crippen molar-refractivity contribution in [3.63, 3.8) is 0 Å². The van der Waals surface area contributed by atoms with Gasteiger partial charge in [0.15, 0.2) is 0 Å². The smallest absolute Gasteiger partial charge is 0.308 e. The van der Waals surface area contributed by atoms with Gasteiger partial charge in [0.05, 0.1) is 21.7 Å². The molecule has 0 atom stereocenters. The van der Waals surface area contributed by atoms with Crippen molar-refractivity contribution in [2.24, 2.45) is 0 Å². The quantitative estimate of drug-likeness (QED) is 0.440. The van der Waals surface area contributed by atoms with Gasteiger partial charge in [0.2, 0.25) is 21.7 Å². The number of fused-ring (bicyclic) bond motifs is 1. The predicted molar refractivity (Wildman–Crippen MR) is 113 cm³/mol. The minimum absolute atomic E-state index is 0.0706. The van der Waals surface area contributed by atoms with Crippen LogP contribution in [0.4, 0.5) is 0 Å². The van der Waals surface area contributed by atoms with E-state index in [2.05, 4.69) is 30.8 Å². The fraction of sp³-hybridized carbons (Fsp3) is 0.167. The van der Waals surface area contributed by atoms with Crippen molar-refractivity contribution < 1.29 is 12.9 Å². The maximum Gasteiger partial charge on any atom is 0.308 e. The summed E-state index contributed by atoms with van der Waals surface area (Å²) in [6.07, 6.45) is 0. The van der Waals surface area contributed by atoms with Crippen LogP contribution in [0.25, 0.3) is 21.6 Å². The third-order valence-corrected chi connectivity index (χ3v) is 7.06. The summed E-state index contributed by atoms with van der Waals surface area (Å²) in [7, 11) is -3.81. The number of aromatic nitrogens is 3. The van der Waals surface area contributed by atoms with Crippen molar-refractivity contribution in [1.29, 1.82) is 0 Å². The molecule has 29 heavy (non-hydrogen) atoms. The number of hydrogen-bond donors (Lipinski definition) is 1. The van der Waals surface area contributed by atoms with Crippen LogP contribution < -0.4 is 9.60 Å². The molecule has 0 aliphatic carbocycles. The standard InChI is InChI=1S/C18H15BrN4O4S2/c1-2-23-14-7-6-13(9-15(14)28-18(23)24)29(25,26)20-10-16-21-17(22-27-16)11-4-3-5-12(19)8-11/h3-9,20H,2,10H2,1H3. The van der Waals surface area contributed by atoms with Gasteiger partial charge in [0, 0.05) is 16.6 Å². The normalized spacial score (nSPS) is 11.9. The number of nitrogens with zero attached hydrogens (tertiary/aromatic N) is 3. The number of aryl methyl sites for hydroxylation is 1. The molecular formula is C18H15BrN4O4S2. The Labute approximate surface area is 178 Å². The Morgan fingerprint density at radius 1 is 1.24 bits per heavy atom. The molecule has 2 heterocycles. The summed E-state index contributed by atoms with van der Waals surface area (Å²) in [6, 6.07) is 12.0. The van der Waals surface area contributed by atoms with Crippen LogP contribution in [0.15, 0.2) is 61.2 Å². The molecule has 0 spiro atoms. The molecule has 4 aromatic rings. The molecule has 0 fully saturated rings. The third kappa shape index (κ3) is 4.04. The van der Waals surface area contributed by atoms with Crippen LogP contribution in [-0.4, -0.2) is 23.1 Å². The fourth-order valence-corrected chi connectivity index (χ4v) is 5.29. The Bertz CT molecular complexity index is 1360. The van der Waals surface area contributed by atoms with Crippen LogP contribution in [0.3, 0.4) is 0 Å². The number of halogens is 1. The number of sulfonamides is 1. The highest BCUT2D eigenvalue weighted by atomic mass is 79.9. The molecule has 2 aromatic carbocycles. The van der Waals surface area contributed by atoms with E-state index in [1.807, 2.05) is 31.2 Å². The van der Waals surface area contributed by atoms with E-state index in [0.717, 1.165) is 26.9 Å². The summed E-state index contributed by atoms with van der Waals surface area (Å²) in [6.45, 7) is 2.25. The average molecular weight is 495 g/mol. The lowest BCUT2D eigenvalue weighted by Gasteiger charge is -2.05. The first-order chi connectivity index (χ1) is 13.9. The number of nitrogens with one attached hydrogen (secondary N) is 1. The summed E-state index contributed by atoms with van der Waals surface area (Å²) in [5.41, 5.74) is 1.47.